The molecule has 140 valence electrons. The predicted octanol–water partition coefficient (Wildman–Crippen LogP) is 2.59. The first kappa shape index (κ1) is 19.0. The lowest BCUT2D eigenvalue weighted by Crippen LogP contribution is -2.15. The van der Waals surface area contributed by atoms with Crippen LogP contribution in [0.5, 0.6) is 0 Å². The van der Waals surface area contributed by atoms with E-state index in [9.17, 15) is 4.79 Å². The maximum Gasteiger partial charge on any atom is 0.344 e. The van der Waals surface area contributed by atoms with E-state index in [1.165, 1.54) is 0 Å². The van der Waals surface area contributed by atoms with Gasteiger partial charge in [-0.05, 0) is 24.3 Å². The number of fused-ring (bicyclic) bond motifs is 1. The van der Waals surface area contributed by atoms with Gasteiger partial charge in [0.2, 0.25) is 6.61 Å². The number of anilines is 1. The first-order chi connectivity index (χ1) is 13.4. The van der Waals surface area contributed by atoms with E-state index >= 15 is 0 Å². The van der Waals surface area contributed by atoms with Crippen molar-refractivity contribution >= 4 is 40.0 Å². The zero-order valence-electron chi connectivity index (χ0n) is 14.5. The highest BCUT2D eigenvalue weighted by molar-refractivity contribution is 6.31. The van der Waals surface area contributed by atoms with Crippen molar-refractivity contribution in [3.63, 3.8) is 0 Å². The predicted molar refractivity (Wildman–Crippen MR) is 108 cm³/mol. The summed E-state index contributed by atoms with van der Waals surface area (Å²) in [7, 11) is 0. The molecular formula is C20H15ClN4O3. The molecule has 7 nitrogen and oxygen atoms in total. The van der Waals surface area contributed by atoms with Crippen LogP contribution in [0.3, 0.4) is 0 Å². The molecule has 3 aromatic rings. The summed E-state index contributed by atoms with van der Waals surface area (Å²) in [6.07, 6.45) is 1.67. The molecule has 0 radical (unpaired) electrons. The first-order valence-corrected chi connectivity index (χ1v) is 8.45. The molecule has 0 aliphatic rings. The number of carboxylic acids is 1. The number of amidine groups is 1. The van der Waals surface area contributed by atoms with Crippen molar-refractivity contribution in [2.45, 2.75) is 0 Å². The van der Waals surface area contributed by atoms with Gasteiger partial charge in [0.25, 0.3) is 0 Å². The highest BCUT2D eigenvalue weighted by Gasteiger charge is 2.06. The molecular weight excluding hydrogens is 380 g/mol. The topological polar surface area (TPSA) is 124 Å². The van der Waals surface area contributed by atoms with Crippen molar-refractivity contribution in [1.29, 1.82) is 0 Å². The summed E-state index contributed by atoms with van der Waals surface area (Å²) < 4.78 is 0. The molecule has 28 heavy (non-hydrogen) atoms. The van der Waals surface area contributed by atoms with E-state index in [0.29, 0.717) is 27.5 Å². The van der Waals surface area contributed by atoms with Crippen LogP contribution in [0.15, 0.2) is 53.8 Å². The third kappa shape index (κ3) is 4.50. The Morgan fingerprint density at radius 3 is 2.86 bits per heavy atom. The van der Waals surface area contributed by atoms with E-state index in [1.807, 2.05) is 6.07 Å². The van der Waals surface area contributed by atoms with E-state index in [4.69, 9.17) is 28.2 Å². The highest BCUT2D eigenvalue weighted by atomic mass is 35.5. The number of carbonyl (C=O) groups is 1. The molecule has 0 atom stereocenters. The standard InChI is InChI=1S/C20H15ClN4O3/c21-15-6-5-14-10-24-20(23)16(17(14)9-15)7-4-12-2-1-3-13(8-12)19(22)25-28-11-18(26)27/h1-3,5-6,8-10H,11H2,(H2,22,25)(H2,23,24)(H,26,27). The lowest BCUT2D eigenvalue weighted by molar-refractivity contribution is -0.142. The molecule has 0 spiro atoms. The molecule has 0 aliphatic heterocycles. The number of hydrogen-bond acceptors (Lipinski definition) is 5. The van der Waals surface area contributed by atoms with Crippen molar-refractivity contribution in [2.24, 2.45) is 10.9 Å². The van der Waals surface area contributed by atoms with Gasteiger partial charge in [0.15, 0.2) is 5.84 Å². The third-order valence-corrected chi connectivity index (χ3v) is 3.96. The second kappa shape index (κ2) is 8.29. The molecule has 3 rings (SSSR count). The Morgan fingerprint density at radius 2 is 2.07 bits per heavy atom. The number of aromatic nitrogens is 1. The minimum atomic E-state index is -1.14. The van der Waals surface area contributed by atoms with Gasteiger partial charge in [0.1, 0.15) is 5.82 Å². The van der Waals surface area contributed by atoms with Gasteiger partial charge in [-0.25, -0.2) is 9.78 Å². The molecule has 0 bridgehead atoms. The van der Waals surface area contributed by atoms with Crippen molar-refractivity contribution in [1.82, 2.24) is 4.98 Å². The number of hydrogen-bond donors (Lipinski definition) is 3. The van der Waals surface area contributed by atoms with Gasteiger partial charge in [0.05, 0.1) is 5.56 Å². The lowest BCUT2D eigenvalue weighted by atomic mass is 10.1. The van der Waals surface area contributed by atoms with Crippen LogP contribution >= 0.6 is 11.6 Å². The maximum absolute atomic E-state index is 10.5. The third-order valence-electron chi connectivity index (χ3n) is 3.72. The van der Waals surface area contributed by atoms with E-state index in [2.05, 4.69) is 26.8 Å². The van der Waals surface area contributed by atoms with Crippen molar-refractivity contribution in [3.05, 3.63) is 70.4 Å². The quantitative estimate of drug-likeness (QED) is 0.270. The average Bonchev–Trinajstić information content (AvgIpc) is 2.67. The van der Waals surface area contributed by atoms with Gasteiger partial charge in [-0.2, -0.15) is 0 Å². The molecule has 8 heteroatoms. The number of nitrogens with two attached hydrogens (primary N) is 2. The fourth-order valence-corrected chi connectivity index (χ4v) is 2.60. The normalized spacial score (nSPS) is 11.0. The Morgan fingerprint density at radius 1 is 1.25 bits per heavy atom. The van der Waals surface area contributed by atoms with Gasteiger partial charge in [-0.15, -0.1) is 0 Å². The number of halogens is 1. The molecule has 1 heterocycles. The number of oxime groups is 1. The molecule has 0 amide bonds. The van der Waals surface area contributed by atoms with Gasteiger partial charge in [-0.1, -0.05) is 46.8 Å². The van der Waals surface area contributed by atoms with Crippen LogP contribution < -0.4 is 11.5 Å². The first-order valence-electron chi connectivity index (χ1n) is 8.07. The minimum Gasteiger partial charge on any atom is -0.479 e. The second-order valence-electron chi connectivity index (χ2n) is 5.72. The Balaban J connectivity index is 1.93. The number of carboxylic acid groups (broad SMARTS) is 1. The maximum atomic E-state index is 10.5. The van der Waals surface area contributed by atoms with Crippen molar-refractivity contribution in [3.8, 4) is 11.8 Å². The second-order valence-corrected chi connectivity index (χ2v) is 6.16. The fourth-order valence-electron chi connectivity index (χ4n) is 2.43. The molecule has 0 aliphatic carbocycles. The Labute approximate surface area is 165 Å². The Kier molecular flexibility index (Phi) is 5.63. The Hall–Kier alpha value is -3.76. The van der Waals surface area contributed by atoms with Crippen LogP contribution in [0.4, 0.5) is 5.82 Å². The van der Waals surface area contributed by atoms with Crippen molar-refractivity contribution in [2.75, 3.05) is 12.3 Å². The van der Waals surface area contributed by atoms with Crippen LogP contribution in [0.25, 0.3) is 10.8 Å². The number of rotatable bonds is 4. The number of benzene rings is 2. The number of pyridine rings is 1. The summed E-state index contributed by atoms with van der Waals surface area (Å²) in [6, 6.07) is 12.4. The molecule has 0 saturated heterocycles. The molecule has 1 aromatic heterocycles. The molecule has 2 aromatic carbocycles. The van der Waals surface area contributed by atoms with Crippen LogP contribution in [0, 0.1) is 11.8 Å². The number of nitrogens with zero attached hydrogens (tertiary/aromatic N) is 2. The monoisotopic (exact) mass is 394 g/mol. The van der Waals surface area contributed by atoms with Crippen LogP contribution in [-0.2, 0) is 9.63 Å². The van der Waals surface area contributed by atoms with Gasteiger partial charge >= 0.3 is 5.97 Å². The van der Waals surface area contributed by atoms with Gasteiger partial charge < -0.3 is 21.4 Å². The van der Waals surface area contributed by atoms with E-state index in [-0.39, 0.29) is 5.84 Å². The van der Waals surface area contributed by atoms with E-state index in [1.54, 1.807) is 42.6 Å². The summed E-state index contributed by atoms with van der Waals surface area (Å²) in [5.74, 6) is 5.27. The average molecular weight is 395 g/mol. The van der Waals surface area contributed by atoms with Crippen LogP contribution in [-0.4, -0.2) is 28.5 Å². The largest absolute Gasteiger partial charge is 0.479 e. The highest BCUT2D eigenvalue weighted by Crippen LogP contribution is 2.24. The molecule has 0 unspecified atom stereocenters. The fraction of sp³-hybridized carbons (Fsp3) is 0.0500. The molecule has 0 saturated carbocycles. The number of nitrogen functional groups attached to an aromatic ring is 1. The molecule has 0 fully saturated rings. The smallest absolute Gasteiger partial charge is 0.344 e. The molecule has 5 N–H and O–H groups in total. The van der Waals surface area contributed by atoms with Crippen LogP contribution in [0.2, 0.25) is 5.02 Å². The SMILES string of the molecule is NC(=NOCC(=O)O)c1cccc(C#Cc2c(N)ncc3ccc(Cl)cc23)c1. The van der Waals surface area contributed by atoms with Crippen LogP contribution in [0.1, 0.15) is 16.7 Å². The summed E-state index contributed by atoms with van der Waals surface area (Å²) in [4.78, 5) is 19.3. The Bertz CT molecular complexity index is 1140. The summed E-state index contributed by atoms with van der Waals surface area (Å²) >= 11 is 6.09. The van der Waals surface area contributed by atoms with Gasteiger partial charge in [0, 0.05) is 33.1 Å². The lowest BCUT2D eigenvalue weighted by Gasteiger charge is -2.04. The minimum absolute atomic E-state index is 0.0445. The van der Waals surface area contributed by atoms with E-state index in [0.717, 1.165) is 10.8 Å². The summed E-state index contributed by atoms with van der Waals surface area (Å²) in [6.45, 7) is -0.573. The van der Waals surface area contributed by atoms with Crippen molar-refractivity contribution < 1.29 is 14.7 Å². The van der Waals surface area contributed by atoms with Gasteiger partial charge in [-0.3, -0.25) is 0 Å². The summed E-state index contributed by atoms with van der Waals surface area (Å²) in [5.41, 5.74) is 13.6. The zero-order valence-corrected chi connectivity index (χ0v) is 15.3. The summed E-state index contributed by atoms with van der Waals surface area (Å²) in [5, 5.41) is 14.4. The zero-order chi connectivity index (χ0) is 20.1. The van der Waals surface area contributed by atoms with E-state index < -0.39 is 12.6 Å². The number of aliphatic carboxylic acids is 1.